The van der Waals surface area contributed by atoms with Crippen molar-refractivity contribution in [2.45, 2.75) is 76.0 Å². The molecule has 158 valence electrons. The number of nitrogens with zero attached hydrogens (tertiary/aromatic N) is 2. The molecule has 28 heavy (non-hydrogen) atoms. The van der Waals surface area contributed by atoms with Gasteiger partial charge in [0.15, 0.2) is 0 Å². The molecule has 0 atom stereocenters. The normalized spacial score (nSPS) is 11.9. The van der Waals surface area contributed by atoms with Crippen LogP contribution in [-0.4, -0.2) is 35.8 Å². The van der Waals surface area contributed by atoms with Gasteiger partial charge in [0.1, 0.15) is 4.90 Å². The Labute approximate surface area is 166 Å². The lowest BCUT2D eigenvalue weighted by atomic mass is 10.1. The first-order valence-corrected chi connectivity index (χ1v) is 11.2. The Morgan fingerprint density at radius 2 is 1.57 bits per heavy atom. The van der Waals surface area contributed by atoms with Crippen molar-refractivity contribution >= 4 is 22.0 Å². The van der Waals surface area contributed by atoms with Gasteiger partial charge >= 0.3 is 5.69 Å². The van der Waals surface area contributed by atoms with Gasteiger partial charge < -0.3 is 5.11 Å². The average Bonchev–Trinajstić information content (AvgIpc) is 2.62. The number of phenols is 1. The molecular weight excluding hydrogens is 384 g/mol. The number of nitro groups is 1. The van der Waals surface area contributed by atoms with Crippen LogP contribution in [0, 0.1) is 10.1 Å². The number of hydrogen-bond donors (Lipinski definition) is 2. The van der Waals surface area contributed by atoms with Crippen LogP contribution in [0.1, 0.15) is 76.7 Å². The number of unbranched alkanes of at least 4 members (excludes halogenated alkanes) is 9. The largest absolute Gasteiger partial charge is 0.502 e. The SMILES string of the molecule is CCCCCCCCCCCCN=Cc1cc(S(=O)(=O)O)cc([N+](=O)[O-])c1O. The first-order valence-electron chi connectivity index (χ1n) is 9.76. The molecule has 0 saturated heterocycles. The molecule has 1 rings (SSSR count). The molecule has 0 radical (unpaired) electrons. The molecule has 0 spiro atoms. The van der Waals surface area contributed by atoms with Crippen LogP contribution in [0.25, 0.3) is 0 Å². The van der Waals surface area contributed by atoms with Gasteiger partial charge in [0.25, 0.3) is 10.1 Å². The van der Waals surface area contributed by atoms with Crippen molar-refractivity contribution in [3.63, 3.8) is 0 Å². The molecule has 0 amide bonds. The molecule has 0 saturated carbocycles. The van der Waals surface area contributed by atoms with Crippen molar-refractivity contribution in [1.29, 1.82) is 0 Å². The van der Waals surface area contributed by atoms with Crippen molar-refractivity contribution in [1.82, 2.24) is 0 Å². The molecule has 1 aromatic rings. The Balaban J connectivity index is 2.46. The minimum absolute atomic E-state index is 0.117. The van der Waals surface area contributed by atoms with Crippen molar-refractivity contribution in [2.24, 2.45) is 4.99 Å². The Hall–Kier alpha value is -2.00. The highest BCUT2D eigenvalue weighted by molar-refractivity contribution is 7.85. The van der Waals surface area contributed by atoms with Gasteiger partial charge in [0.05, 0.1) is 4.92 Å². The minimum Gasteiger partial charge on any atom is -0.502 e. The fraction of sp³-hybridized carbons (Fsp3) is 0.632. The maximum atomic E-state index is 11.3. The van der Waals surface area contributed by atoms with Crippen LogP contribution in [0.4, 0.5) is 5.69 Å². The van der Waals surface area contributed by atoms with E-state index in [2.05, 4.69) is 11.9 Å². The van der Waals surface area contributed by atoms with Crippen LogP contribution >= 0.6 is 0 Å². The first-order chi connectivity index (χ1) is 13.3. The van der Waals surface area contributed by atoms with Crippen molar-refractivity contribution in [3.8, 4) is 5.75 Å². The predicted octanol–water partition coefficient (Wildman–Crippen LogP) is 4.89. The fourth-order valence-electron chi connectivity index (χ4n) is 2.85. The molecular formula is C19H30N2O6S. The van der Waals surface area contributed by atoms with Gasteiger partial charge in [-0.2, -0.15) is 8.42 Å². The zero-order valence-electron chi connectivity index (χ0n) is 16.3. The second-order valence-corrected chi connectivity index (χ2v) is 8.25. The highest BCUT2D eigenvalue weighted by Gasteiger charge is 2.23. The van der Waals surface area contributed by atoms with Crippen molar-refractivity contribution < 1.29 is 23.0 Å². The van der Waals surface area contributed by atoms with E-state index in [-0.39, 0.29) is 5.56 Å². The van der Waals surface area contributed by atoms with E-state index in [1.54, 1.807) is 0 Å². The highest BCUT2D eigenvalue weighted by atomic mass is 32.2. The summed E-state index contributed by atoms with van der Waals surface area (Å²) in [7, 11) is -4.63. The number of phenolic OH excluding ortho intramolecular Hbond substituents is 1. The first kappa shape index (κ1) is 24.0. The zero-order valence-corrected chi connectivity index (χ0v) is 17.2. The number of aliphatic imine (C=N–C) groups is 1. The van der Waals surface area contributed by atoms with Gasteiger partial charge in [0.2, 0.25) is 5.75 Å². The topological polar surface area (TPSA) is 130 Å². The van der Waals surface area contributed by atoms with E-state index in [0.717, 1.165) is 25.3 Å². The molecule has 8 nitrogen and oxygen atoms in total. The summed E-state index contributed by atoms with van der Waals surface area (Å²) >= 11 is 0. The summed E-state index contributed by atoms with van der Waals surface area (Å²) in [6, 6.07) is 1.57. The van der Waals surface area contributed by atoms with Crippen molar-refractivity contribution in [2.75, 3.05) is 6.54 Å². The van der Waals surface area contributed by atoms with Crippen LogP contribution in [0.2, 0.25) is 0 Å². The van der Waals surface area contributed by atoms with E-state index in [1.807, 2.05) is 0 Å². The number of rotatable bonds is 14. The average molecular weight is 415 g/mol. The summed E-state index contributed by atoms with van der Waals surface area (Å²) in [5, 5.41) is 20.9. The van der Waals surface area contributed by atoms with E-state index in [4.69, 9.17) is 4.55 Å². The third-order valence-corrected chi connectivity index (χ3v) is 5.29. The number of benzene rings is 1. The predicted molar refractivity (Wildman–Crippen MR) is 109 cm³/mol. The Morgan fingerprint density at radius 1 is 1.04 bits per heavy atom. The molecule has 2 N–H and O–H groups in total. The number of hydrogen-bond acceptors (Lipinski definition) is 6. The van der Waals surface area contributed by atoms with Crippen LogP contribution in [0.15, 0.2) is 22.0 Å². The summed E-state index contributed by atoms with van der Waals surface area (Å²) in [4.78, 5) is 13.5. The molecule has 1 aromatic carbocycles. The Bertz CT molecular complexity index is 762. The van der Waals surface area contributed by atoms with Gasteiger partial charge in [-0.3, -0.25) is 19.7 Å². The molecule has 0 fully saturated rings. The fourth-order valence-corrected chi connectivity index (χ4v) is 3.39. The Morgan fingerprint density at radius 3 is 2.07 bits per heavy atom. The van der Waals surface area contributed by atoms with Gasteiger partial charge in [-0.25, -0.2) is 0 Å². The monoisotopic (exact) mass is 414 g/mol. The van der Waals surface area contributed by atoms with Crippen LogP contribution in [0.3, 0.4) is 0 Å². The van der Waals surface area contributed by atoms with Gasteiger partial charge in [-0.15, -0.1) is 0 Å². The standard InChI is InChI=1S/C19H30N2O6S/c1-2-3-4-5-6-7-8-9-10-11-12-20-15-16-13-17(28(25,26)27)14-18(19(16)22)21(23)24/h13-15,22H,2-12H2,1H3,(H,25,26,27). The third kappa shape index (κ3) is 8.79. The molecule has 0 aliphatic heterocycles. The molecule has 0 bridgehead atoms. The van der Waals surface area contributed by atoms with Crippen LogP contribution in [0.5, 0.6) is 5.75 Å². The van der Waals surface area contributed by atoms with E-state index in [0.29, 0.717) is 12.6 Å². The van der Waals surface area contributed by atoms with Gasteiger partial charge in [-0.05, 0) is 12.5 Å². The van der Waals surface area contributed by atoms with Crippen LogP contribution in [-0.2, 0) is 10.1 Å². The lowest BCUT2D eigenvalue weighted by Gasteiger charge is -2.04. The molecule has 0 aromatic heterocycles. The highest BCUT2D eigenvalue weighted by Crippen LogP contribution is 2.32. The Kier molecular flexibility index (Phi) is 10.7. The number of nitro benzene ring substituents is 1. The summed E-state index contributed by atoms with van der Waals surface area (Å²) < 4.78 is 31.6. The second kappa shape index (κ2) is 12.5. The van der Waals surface area contributed by atoms with E-state index in [1.165, 1.54) is 51.2 Å². The molecule has 0 aliphatic rings. The van der Waals surface area contributed by atoms with Gasteiger partial charge in [-0.1, -0.05) is 64.7 Å². The van der Waals surface area contributed by atoms with E-state index in [9.17, 15) is 23.6 Å². The third-order valence-electron chi connectivity index (χ3n) is 4.46. The maximum absolute atomic E-state index is 11.3. The van der Waals surface area contributed by atoms with Gasteiger partial charge in [0, 0.05) is 24.4 Å². The molecule has 9 heteroatoms. The van der Waals surface area contributed by atoms with E-state index >= 15 is 0 Å². The second-order valence-electron chi connectivity index (χ2n) is 6.83. The van der Waals surface area contributed by atoms with E-state index < -0.39 is 31.4 Å². The maximum Gasteiger partial charge on any atom is 0.312 e. The minimum atomic E-state index is -4.63. The number of aromatic hydroxyl groups is 1. The molecule has 0 unspecified atom stereocenters. The summed E-state index contributed by atoms with van der Waals surface area (Å²) in [5.41, 5.74) is -0.913. The summed E-state index contributed by atoms with van der Waals surface area (Å²) in [6.07, 6.45) is 13.1. The summed E-state index contributed by atoms with van der Waals surface area (Å²) in [5.74, 6) is -0.677. The zero-order chi connectivity index (χ0) is 21.0. The lowest BCUT2D eigenvalue weighted by molar-refractivity contribution is -0.386. The lowest BCUT2D eigenvalue weighted by Crippen LogP contribution is -2.02. The quantitative estimate of drug-likeness (QED) is 0.147. The van der Waals surface area contributed by atoms with Crippen LogP contribution < -0.4 is 0 Å². The summed E-state index contributed by atoms with van der Waals surface area (Å²) in [6.45, 7) is 2.68. The van der Waals surface area contributed by atoms with Crippen molar-refractivity contribution in [3.05, 3.63) is 27.8 Å². The molecule has 0 heterocycles. The smallest absolute Gasteiger partial charge is 0.312 e. The molecule has 0 aliphatic carbocycles.